The second-order valence-electron chi connectivity index (χ2n) is 18.6. The van der Waals surface area contributed by atoms with Gasteiger partial charge in [0.1, 0.15) is 28.4 Å². The molecule has 4 aliphatic rings. The summed E-state index contributed by atoms with van der Waals surface area (Å²) in [5.74, 6) is -2.31. The number of aryl methyl sites for hydroxylation is 1. The van der Waals surface area contributed by atoms with E-state index in [1.54, 1.807) is 22.8 Å². The highest BCUT2D eigenvalue weighted by molar-refractivity contribution is 7.16. The number of benzene rings is 5. The lowest BCUT2D eigenvalue weighted by Crippen LogP contribution is -2.72. The molecule has 0 spiro atoms. The zero-order chi connectivity index (χ0) is 52.1. The second-order valence-corrected chi connectivity index (χ2v) is 20.4. The first kappa shape index (κ1) is 50.4. The molecule has 3 atom stereocenters. The molecule has 1 unspecified atom stereocenters. The number of allylic oxidation sites excluding steroid dienone is 2. The number of fused-ring (bicyclic) bond motifs is 1. The fourth-order valence-corrected chi connectivity index (χ4v) is 11.5. The standard InChI is InChI=1S/C59H53ClN6O8S/c1-3-35-72-58(71)64-33-32-46(37-64)65-34-31-42(55(65)68)36-41-29-30-47-48(56(69)66(47)51(41)57(70)73-52(39-19-9-4-10-20-39)40-21-11-5-12-22-40)62-54(67)50(49-53(60)75-38(2)61-49)63-74-59(43-23-13-6-14-24-43,44-25-15-7-16-26-44)45-27-17-8-18-28-45/h3-28,36,46-48,52H,1,29-35,37H2,2H3,(H,62,67)/b42-36+,63-50+/t46-,47?,48+/m1/s1. The molecule has 16 heteroatoms. The van der Waals surface area contributed by atoms with E-state index in [1.807, 2.05) is 152 Å². The molecule has 1 N–H and O–H groups in total. The molecule has 0 aliphatic carbocycles. The number of likely N-dealkylation sites (tertiary alicyclic amines) is 2. The SMILES string of the molecule is C=CCOC(=O)N1CC[C@@H](N2CC/C(=C\C3=C(C(=O)OC(c4ccccc4)c4ccccc4)N4C(=O)[C@@H](NC(=O)/C(=N/OC(c5ccccc5)(c5ccccc5)c5ccccc5)c5nc(C)sc5Cl)C4CC3)C2=O)C1. The molecule has 1 aromatic heterocycles. The van der Waals surface area contributed by atoms with Gasteiger partial charge in [0.05, 0.1) is 17.1 Å². The number of ether oxygens (including phenoxy) is 2. The van der Waals surface area contributed by atoms with Crippen LogP contribution in [0, 0.1) is 6.92 Å². The van der Waals surface area contributed by atoms with Crippen molar-refractivity contribution in [1.82, 2.24) is 25.0 Å². The number of β-lactam (4-membered cyclic amide) rings is 1. The minimum absolute atomic E-state index is 0.0110. The zero-order valence-corrected chi connectivity index (χ0v) is 42.6. The van der Waals surface area contributed by atoms with Crippen LogP contribution >= 0.6 is 22.9 Å². The second kappa shape index (κ2) is 22.1. The smallest absolute Gasteiger partial charge is 0.410 e. The van der Waals surface area contributed by atoms with Crippen LogP contribution in [0.15, 0.2) is 192 Å². The van der Waals surface area contributed by atoms with Gasteiger partial charge in [0, 0.05) is 41.9 Å². The molecule has 5 aromatic carbocycles. The predicted octanol–water partition coefficient (Wildman–Crippen LogP) is 9.45. The van der Waals surface area contributed by atoms with E-state index in [2.05, 4.69) is 22.0 Å². The van der Waals surface area contributed by atoms with Crippen LogP contribution in [0.1, 0.15) is 70.3 Å². The molecule has 75 heavy (non-hydrogen) atoms. The summed E-state index contributed by atoms with van der Waals surface area (Å²) >= 11 is 7.99. The monoisotopic (exact) mass is 1040 g/mol. The highest BCUT2D eigenvalue weighted by atomic mass is 35.5. The van der Waals surface area contributed by atoms with Gasteiger partial charge in [-0.1, -0.05) is 181 Å². The number of nitrogens with one attached hydrogen (secondary N) is 1. The summed E-state index contributed by atoms with van der Waals surface area (Å²) in [5, 5.41) is 8.17. The van der Waals surface area contributed by atoms with Crippen molar-refractivity contribution in [3.8, 4) is 0 Å². The summed E-state index contributed by atoms with van der Waals surface area (Å²) in [6.45, 7) is 6.65. The van der Waals surface area contributed by atoms with Crippen molar-refractivity contribution in [2.75, 3.05) is 26.2 Å². The maximum absolute atomic E-state index is 15.0. The molecule has 3 saturated heterocycles. The summed E-state index contributed by atoms with van der Waals surface area (Å²) in [7, 11) is 0. The van der Waals surface area contributed by atoms with E-state index in [9.17, 15) is 24.0 Å². The molecule has 3 fully saturated rings. The molecule has 14 nitrogen and oxygen atoms in total. The highest BCUT2D eigenvalue weighted by Gasteiger charge is 2.54. The van der Waals surface area contributed by atoms with Crippen molar-refractivity contribution in [1.29, 1.82) is 0 Å². The number of hydrogen-bond acceptors (Lipinski definition) is 11. The number of carbonyl (C=O) groups is 5. The minimum atomic E-state index is -1.36. The summed E-state index contributed by atoms with van der Waals surface area (Å²) in [6, 6.07) is 45.3. The van der Waals surface area contributed by atoms with Crippen molar-refractivity contribution < 1.29 is 38.3 Å². The summed E-state index contributed by atoms with van der Waals surface area (Å²) in [4.78, 5) is 87.7. The van der Waals surface area contributed by atoms with Crippen molar-refractivity contribution in [3.63, 3.8) is 0 Å². The molecule has 5 heterocycles. The van der Waals surface area contributed by atoms with Gasteiger partial charge in [0.15, 0.2) is 11.8 Å². The molecule has 4 amide bonds. The van der Waals surface area contributed by atoms with Crippen LogP contribution in [0.4, 0.5) is 4.79 Å². The molecule has 4 aliphatic heterocycles. The van der Waals surface area contributed by atoms with E-state index in [1.165, 1.54) is 22.3 Å². The van der Waals surface area contributed by atoms with Crippen LogP contribution in [-0.4, -0.2) is 99.5 Å². The van der Waals surface area contributed by atoms with Gasteiger partial charge in [-0.2, -0.15) is 0 Å². The van der Waals surface area contributed by atoms with E-state index in [0.717, 1.165) is 16.7 Å². The normalized spacial score (nSPS) is 19.2. The van der Waals surface area contributed by atoms with E-state index >= 15 is 0 Å². The van der Waals surface area contributed by atoms with Gasteiger partial charge in [-0.25, -0.2) is 14.6 Å². The van der Waals surface area contributed by atoms with Gasteiger partial charge in [-0.05, 0) is 55.4 Å². The fourth-order valence-electron chi connectivity index (χ4n) is 10.4. The van der Waals surface area contributed by atoms with Gasteiger partial charge >= 0.3 is 12.1 Å². The van der Waals surface area contributed by atoms with Gasteiger partial charge < -0.3 is 29.4 Å². The third-order valence-electron chi connectivity index (χ3n) is 14.0. The molecule has 380 valence electrons. The number of rotatable bonds is 16. The van der Waals surface area contributed by atoms with Crippen LogP contribution in [0.3, 0.4) is 0 Å². The number of thiazole rings is 1. The summed E-state index contributed by atoms with van der Waals surface area (Å²) in [5.41, 5.74) is 3.00. The largest absolute Gasteiger partial charge is 0.448 e. The minimum Gasteiger partial charge on any atom is -0.448 e. The highest BCUT2D eigenvalue weighted by Crippen LogP contribution is 2.43. The Bertz CT molecular complexity index is 3070. The Morgan fingerprint density at radius 3 is 1.95 bits per heavy atom. The predicted molar refractivity (Wildman–Crippen MR) is 284 cm³/mol. The Labute approximate surface area is 443 Å². The van der Waals surface area contributed by atoms with Gasteiger partial charge in [0.2, 0.25) is 11.5 Å². The van der Waals surface area contributed by atoms with Gasteiger partial charge in [-0.3, -0.25) is 19.3 Å². The third kappa shape index (κ3) is 10.1. The average molecular weight is 1040 g/mol. The molecule has 0 bridgehead atoms. The number of oxime groups is 1. The Kier molecular flexibility index (Phi) is 14.9. The van der Waals surface area contributed by atoms with Crippen LogP contribution in [-0.2, 0) is 39.1 Å². The molecule has 0 radical (unpaired) electrons. The van der Waals surface area contributed by atoms with Gasteiger partial charge in [0.25, 0.3) is 11.8 Å². The maximum atomic E-state index is 15.0. The van der Waals surface area contributed by atoms with E-state index in [-0.39, 0.29) is 46.4 Å². The molecule has 10 rings (SSSR count). The number of carbonyl (C=O) groups excluding carboxylic acids is 5. The van der Waals surface area contributed by atoms with Crippen molar-refractivity contribution in [2.45, 2.75) is 62.4 Å². The fraction of sp³-hybridized carbons (Fsp3) is 0.237. The van der Waals surface area contributed by atoms with Crippen LogP contribution < -0.4 is 5.32 Å². The molecular formula is C59H53ClN6O8S. The Balaban J connectivity index is 0.981. The van der Waals surface area contributed by atoms with Crippen LogP contribution in [0.25, 0.3) is 0 Å². The number of nitrogens with zero attached hydrogens (tertiary/aromatic N) is 5. The zero-order valence-electron chi connectivity index (χ0n) is 41.1. The summed E-state index contributed by atoms with van der Waals surface area (Å²) in [6.07, 6.45) is 3.48. The Hall–Kier alpha value is -8.14. The average Bonchev–Trinajstić information content (AvgIpc) is 4.19. The lowest BCUT2D eigenvalue weighted by Gasteiger charge is -2.50. The lowest BCUT2D eigenvalue weighted by atomic mass is 9.80. The Morgan fingerprint density at radius 2 is 1.40 bits per heavy atom. The number of amides is 4. The van der Waals surface area contributed by atoms with Crippen molar-refractivity contribution in [3.05, 3.63) is 230 Å². The lowest BCUT2D eigenvalue weighted by molar-refractivity contribution is -0.158. The van der Waals surface area contributed by atoms with E-state index < -0.39 is 47.7 Å². The Morgan fingerprint density at radius 1 is 0.827 bits per heavy atom. The maximum Gasteiger partial charge on any atom is 0.410 e. The summed E-state index contributed by atoms with van der Waals surface area (Å²) < 4.78 is 11.9. The van der Waals surface area contributed by atoms with Crippen LogP contribution in [0.5, 0.6) is 0 Å². The number of halogens is 1. The first-order chi connectivity index (χ1) is 36.5. The molecule has 6 aromatic rings. The van der Waals surface area contributed by atoms with Crippen molar-refractivity contribution >= 4 is 58.4 Å². The first-order valence-electron chi connectivity index (χ1n) is 24.8. The number of aromatic nitrogens is 1. The van der Waals surface area contributed by atoms with E-state index in [0.29, 0.717) is 66.2 Å². The topological polar surface area (TPSA) is 160 Å². The van der Waals surface area contributed by atoms with Gasteiger partial charge in [-0.15, -0.1) is 11.3 Å². The molecular weight excluding hydrogens is 988 g/mol. The molecule has 0 saturated carbocycles. The number of esters is 1. The third-order valence-corrected chi connectivity index (χ3v) is 15.2. The quantitative estimate of drug-likeness (QED) is 0.0190. The first-order valence-corrected chi connectivity index (χ1v) is 26.0. The van der Waals surface area contributed by atoms with Crippen LogP contribution in [0.2, 0.25) is 4.34 Å². The number of hydrogen-bond donors (Lipinski definition) is 1. The van der Waals surface area contributed by atoms with Crippen molar-refractivity contribution in [2.24, 2.45) is 5.16 Å². The van der Waals surface area contributed by atoms with E-state index in [4.69, 9.17) is 25.9 Å².